The molecule has 1 amide bonds. The van der Waals surface area contributed by atoms with Crippen LogP contribution in [0.4, 0.5) is 0 Å². The lowest BCUT2D eigenvalue weighted by atomic mass is 9.99. The van der Waals surface area contributed by atoms with Gasteiger partial charge in [0, 0.05) is 17.5 Å². The number of thiophene rings is 1. The van der Waals surface area contributed by atoms with Gasteiger partial charge in [0.15, 0.2) is 0 Å². The summed E-state index contributed by atoms with van der Waals surface area (Å²) in [5.41, 5.74) is 1.41. The Balaban J connectivity index is 1.59. The Morgan fingerprint density at radius 2 is 2.28 bits per heavy atom. The molecular weight excluding hydrogens is 244 g/mol. The second-order valence-corrected chi connectivity index (χ2v) is 6.41. The van der Waals surface area contributed by atoms with Crippen molar-refractivity contribution in [3.05, 3.63) is 21.4 Å². The molecule has 0 aromatic carbocycles. The fourth-order valence-electron chi connectivity index (χ4n) is 2.84. The van der Waals surface area contributed by atoms with E-state index in [1.165, 1.54) is 36.1 Å². The molecule has 0 saturated carbocycles. The minimum atomic E-state index is 0.114. The van der Waals surface area contributed by atoms with Crippen molar-refractivity contribution in [2.45, 2.75) is 44.6 Å². The van der Waals surface area contributed by atoms with E-state index >= 15 is 0 Å². The van der Waals surface area contributed by atoms with Gasteiger partial charge in [-0.05, 0) is 56.7 Å². The van der Waals surface area contributed by atoms with Crippen molar-refractivity contribution in [2.75, 3.05) is 13.1 Å². The summed E-state index contributed by atoms with van der Waals surface area (Å²) in [7, 11) is 0. The summed E-state index contributed by atoms with van der Waals surface area (Å²) < 4.78 is 0. The second-order valence-electron chi connectivity index (χ2n) is 5.27. The molecule has 3 rings (SSSR count). The molecule has 2 aliphatic rings. The number of nitrogens with one attached hydrogen (secondary N) is 2. The van der Waals surface area contributed by atoms with E-state index < -0.39 is 0 Å². The number of amides is 1. The highest BCUT2D eigenvalue weighted by Gasteiger charge is 2.19. The van der Waals surface area contributed by atoms with Gasteiger partial charge in [-0.15, -0.1) is 11.3 Å². The Kier molecular flexibility index (Phi) is 3.66. The lowest BCUT2D eigenvalue weighted by molar-refractivity contribution is 0.0954. The van der Waals surface area contributed by atoms with Crippen LogP contribution >= 0.6 is 11.3 Å². The number of hydrogen-bond donors (Lipinski definition) is 2. The van der Waals surface area contributed by atoms with E-state index in [0.717, 1.165) is 30.8 Å². The first-order valence-corrected chi connectivity index (χ1v) is 7.78. The molecule has 1 saturated heterocycles. The van der Waals surface area contributed by atoms with Gasteiger partial charge < -0.3 is 10.6 Å². The van der Waals surface area contributed by atoms with Crippen molar-refractivity contribution in [3.63, 3.8) is 0 Å². The molecular formula is C14H20N2OS. The SMILES string of the molecule is O=C(NCC1CCCN1)c1cc2c(s1)CCCC2. The molecule has 1 atom stereocenters. The summed E-state index contributed by atoms with van der Waals surface area (Å²) in [5, 5.41) is 6.46. The van der Waals surface area contributed by atoms with Crippen LogP contribution in [0.25, 0.3) is 0 Å². The lowest BCUT2D eigenvalue weighted by Gasteiger charge is -2.10. The van der Waals surface area contributed by atoms with Crippen molar-refractivity contribution in [1.29, 1.82) is 0 Å². The summed E-state index contributed by atoms with van der Waals surface area (Å²) in [6.07, 6.45) is 7.28. The maximum absolute atomic E-state index is 12.1. The molecule has 2 heterocycles. The highest BCUT2D eigenvalue weighted by atomic mass is 32.1. The lowest BCUT2D eigenvalue weighted by Crippen LogP contribution is -2.36. The first-order chi connectivity index (χ1) is 8.83. The van der Waals surface area contributed by atoms with Crippen LogP contribution in [0.1, 0.15) is 45.8 Å². The van der Waals surface area contributed by atoms with Crippen molar-refractivity contribution in [3.8, 4) is 0 Å². The van der Waals surface area contributed by atoms with Crippen molar-refractivity contribution in [1.82, 2.24) is 10.6 Å². The van der Waals surface area contributed by atoms with Gasteiger partial charge >= 0.3 is 0 Å². The van der Waals surface area contributed by atoms with Crippen molar-refractivity contribution < 1.29 is 4.79 Å². The Bertz CT molecular complexity index is 412. The van der Waals surface area contributed by atoms with Gasteiger partial charge in [0.1, 0.15) is 0 Å². The minimum absolute atomic E-state index is 0.114. The summed E-state index contributed by atoms with van der Waals surface area (Å²) in [5.74, 6) is 0.114. The van der Waals surface area contributed by atoms with Gasteiger partial charge in [0.2, 0.25) is 0 Å². The quantitative estimate of drug-likeness (QED) is 0.878. The zero-order valence-electron chi connectivity index (χ0n) is 10.6. The molecule has 18 heavy (non-hydrogen) atoms. The largest absolute Gasteiger partial charge is 0.350 e. The summed E-state index contributed by atoms with van der Waals surface area (Å²) in [4.78, 5) is 14.4. The third-order valence-electron chi connectivity index (χ3n) is 3.89. The number of hydrogen-bond acceptors (Lipinski definition) is 3. The van der Waals surface area contributed by atoms with Crippen LogP contribution in [0.15, 0.2) is 6.07 Å². The number of aryl methyl sites for hydroxylation is 2. The molecule has 4 heteroatoms. The molecule has 1 aromatic rings. The van der Waals surface area contributed by atoms with Gasteiger partial charge in [-0.1, -0.05) is 0 Å². The molecule has 0 radical (unpaired) electrons. The minimum Gasteiger partial charge on any atom is -0.350 e. The van der Waals surface area contributed by atoms with Crippen molar-refractivity contribution in [2.24, 2.45) is 0 Å². The predicted octanol–water partition coefficient (Wildman–Crippen LogP) is 2.11. The maximum Gasteiger partial charge on any atom is 0.261 e. The van der Waals surface area contributed by atoms with E-state index in [1.54, 1.807) is 11.3 Å². The van der Waals surface area contributed by atoms with E-state index in [0.29, 0.717) is 6.04 Å². The molecule has 0 spiro atoms. The van der Waals surface area contributed by atoms with Crippen LogP contribution in [0.3, 0.4) is 0 Å². The third-order valence-corrected chi connectivity index (χ3v) is 5.13. The molecule has 1 unspecified atom stereocenters. The molecule has 3 nitrogen and oxygen atoms in total. The predicted molar refractivity (Wildman–Crippen MR) is 74.3 cm³/mol. The summed E-state index contributed by atoms with van der Waals surface area (Å²) >= 11 is 1.69. The Morgan fingerprint density at radius 3 is 3.06 bits per heavy atom. The summed E-state index contributed by atoms with van der Waals surface area (Å²) in [6, 6.07) is 2.58. The second kappa shape index (κ2) is 5.41. The van der Waals surface area contributed by atoms with Crippen LogP contribution in [0.5, 0.6) is 0 Å². The van der Waals surface area contributed by atoms with E-state index in [9.17, 15) is 4.79 Å². The number of carbonyl (C=O) groups excluding carboxylic acids is 1. The Labute approximate surface area is 112 Å². The molecule has 98 valence electrons. The highest BCUT2D eigenvalue weighted by Crippen LogP contribution is 2.29. The van der Waals surface area contributed by atoms with Crippen LogP contribution in [-0.2, 0) is 12.8 Å². The number of rotatable bonds is 3. The van der Waals surface area contributed by atoms with Gasteiger partial charge in [-0.3, -0.25) is 4.79 Å². The molecule has 0 bridgehead atoms. The molecule has 1 aromatic heterocycles. The average Bonchev–Trinajstić information content (AvgIpc) is 3.04. The smallest absolute Gasteiger partial charge is 0.261 e. The fourth-order valence-corrected chi connectivity index (χ4v) is 4.01. The highest BCUT2D eigenvalue weighted by molar-refractivity contribution is 7.14. The van der Waals surface area contributed by atoms with Crippen LogP contribution in [0.2, 0.25) is 0 Å². The molecule has 1 aliphatic heterocycles. The molecule has 1 aliphatic carbocycles. The number of fused-ring (bicyclic) bond motifs is 1. The fraction of sp³-hybridized carbons (Fsp3) is 0.643. The molecule has 2 N–H and O–H groups in total. The number of carbonyl (C=O) groups is 1. The van der Waals surface area contributed by atoms with E-state index in [4.69, 9.17) is 0 Å². The van der Waals surface area contributed by atoms with E-state index in [2.05, 4.69) is 16.7 Å². The van der Waals surface area contributed by atoms with Crippen LogP contribution < -0.4 is 10.6 Å². The monoisotopic (exact) mass is 264 g/mol. The Hall–Kier alpha value is -0.870. The average molecular weight is 264 g/mol. The maximum atomic E-state index is 12.1. The normalized spacial score (nSPS) is 22.8. The van der Waals surface area contributed by atoms with Crippen LogP contribution in [-0.4, -0.2) is 25.0 Å². The Morgan fingerprint density at radius 1 is 1.39 bits per heavy atom. The van der Waals surface area contributed by atoms with Gasteiger partial charge in [-0.2, -0.15) is 0 Å². The van der Waals surface area contributed by atoms with E-state index in [-0.39, 0.29) is 5.91 Å². The first kappa shape index (κ1) is 12.2. The first-order valence-electron chi connectivity index (χ1n) is 6.96. The van der Waals surface area contributed by atoms with Gasteiger partial charge in [0.05, 0.1) is 4.88 Å². The van der Waals surface area contributed by atoms with Gasteiger partial charge in [-0.25, -0.2) is 0 Å². The van der Waals surface area contributed by atoms with Gasteiger partial charge in [0.25, 0.3) is 5.91 Å². The standard InChI is InChI=1S/C14H20N2OS/c17-14(16-9-11-5-3-7-15-11)13-8-10-4-1-2-6-12(10)18-13/h8,11,15H,1-7,9H2,(H,16,17). The summed E-state index contributed by atoms with van der Waals surface area (Å²) in [6.45, 7) is 1.86. The van der Waals surface area contributed by atoms with Crippen LogP contribution in [0, 0.1) is 0 Å². The zero-order valence-corrected chi connectivity index (χ0v) is 11.4. The third kappa shape index (κ3) is 2.59. The van der Waals surface area contributed by atoms with Crippen molar-refractivity contribution >= 4 is 17.2 Å². The topological polar surface area (TPSA) is 41.1 Å². The zero-order chi connectivity index (χ0) is 12.4. The van der Waals surface area contributed by atoms with E-state index in [1.807, 2.05) is 0 Å². The molecule has 1 fully saturated rings.